The number of nitrogens with one attached hydrogen (secondary N) is 1. The molecule has 0 amide bonds. The van der Waals surface area contributed by atoms with Crippen molar-refractivity contribution in [2.24, 2.45) is 0 Å². The number of hydrogen-bond donors (Lipinski definition) is 2. The standard InChI is InChI=1S/C23H24N2O3S/c1-5-27-16-8-6-13(7-9-16)20-24-21-17(22(29)25-20)11-14-10-15(23(2,3)4)12-18(26)19(14)28-21/h6-10,12,26H,5,11H2,1-4H3,(H,24,25,29). The third-order valence-electron chi connectivity index (χ3n) is 5.00. The van der Waals surface area contributed by atoms with E-state index in [1.165, 1.54) is 0 Å². The van der Waals surface area contributed by atoms with Crippen molar-refractivity contribution in [2.45, 2.75) is 39.5 Å². The van der Waals surface area contributed by atoms with Gasteiger partial charge < -0.3 is 19.6 Å². The second kappa shape index (κ2) is 7.19. The van der Waals surface area contributed by atoms with Crippen molar-refractivity contribution >= 4 is 12.2 Å². The molecule has 0 atom stereocenters. The topological polar surface area (TPSA) is 67.4 Å². The summed E-state index contributed by atoms with van der Waals surface area (Å²) in [4.78, 5) is 7.81. The lowest BCUT2D eigenvalue weighted by Crippen LogP contribution is -2.14. The molecule has 0 fully saturated rings. The maximum absolute atomic E-state index is 10.6. The average molecular weight is 409 g/mol. The normalized spacial score (nSPS) is 12.7. The fraction of sp³-hybridized carbons (Fsp3) is 0.304. The Hall–Kier alpha value is -2.86. The molecule has 2 aromatic carbocycles. The van der Waals surface area contributed by atoms with Crippen molar-refractivity contribution in [3.63, 3.8) is 0 Å². The van der Waals surface area contributed by atoms with Gasteiger partial charge in [0, 0.05) is 17.5 Å². The van der Waals surface area contributed by atoms with Crippen molar-refractivity contribution in [1.82, 2.24) is 9.97 Å². The first kappa shape index (κ1) is 19.5. The van der Waals surface area contributed by atoms with Crippen LogP contribution in [0.3, 0.4) is 0 Å². The van der Waals surface area contributed by atoms with Gasteiger partial charge in [-0.15, -0.1) is 0 Å². The summed E-state index contributed by atoms with van der Waals surface area (Å²) in [6, 6.07) is 11.5. The molecule has 4 rings (SSSR count). The molecule has 1 aromatic heterocycles. The maximum atomic E-state index is 10.6. The summed E-state index contributed by atoms with van der Waals surface area (Å²) in [6.45, 7) is 8.91. The minimum absolute atomic E-state index is 0.0779. The van der Waals surface area contributed by atoms with E-state index < -0.39 is 0 Å². The first-order valence-electron chi connectivity index (χ1n) is 9.67. The van der Waals surface area contributed by atoms with Crippen molar-refractivity contribution in [3.05, 3.63) is 57.7 Å². The van der Waals surface area contributed by atoms with E-state index >= 15 is 0 Å². The average Bonchev–Trinajstić information content (AvgIpc) is 2.67. The number of aromatic nitrogens is 2. The molecular formula is C23H24N2O3S. The molecule has 1 aliphatic heterocycles. The summed E-state index contributed by atoms with van der Waals surface area (Å²) in [5.74, 6) is 2.56. The van der Waals surface area contributed by atoms with Gasteiger partial charge in [-0.3, -0.25) is 0 Å². The van der Waals surface area contributed by atoms with Gasteiger partial charge in [-0.25, -0.2) is 4.98 Å². The smallest absolute Gasteiger partial charge is 0.205 e. The molecular weight excluding hydrogens is 384 g/mol. The second-order valence-corrected chi connectivity index (χ2v) is 8.55. The number of hydrogen-bond acceptors (Lipinski definition) is 5. The van der Waals surface area contributed by atoms with Crippen LogP contribution in [0.15, 0.2) is 36.4 Å². The molecule has 6 heteroatoms. The molecule has 150 valence electrons. The highest BCUT2D eigenvalue weighted by Gasteiger charge is 2.26. The van der Waals surface area contributed by atoms with Crippen molar-refractivity contribution in [1.29, 1.82) is 0 Å². The Balaban J connectivity index is 1.73. The highest BCUT2D eigenvalue weighted by Crippen LogP contribution is 2.44. The number of aromatic amines is 1. The zero-order chi connectivity index (χ0) is 20.8. The van der Waals surface area contributed by atoms with E-state index in [2.05, 4.69) is 36.8 Å². The van der Waals surface area contributed by atoms with E-state index in [4.69, 9.17) is 21.7 Å². The summed E-state index contributed by atoms with van der Waals surface area (Å²) in [5, 5.41) is 10.6. The fourth-order valence-electron chi connectivity index (χ4n) is 3.38. The second-order valence-electron chi connectivity index (χ2n) is 8.17. The predicted molar refractivity (Wildman–Crippen MR) is 116 cm³/mol. The zero-order valence-corrected chi connectivity index (χ0v) is 17.8. The molecule has 0 spiro atoms. The van der Waals surface area contributed by atoms with E-state index in [-0.39, 0.29) is 11.2 Å². The van der Waals surface area contributed by atoms with Gasteiger partial charge in [0.1, 0.15) is 16.2 Å². The number of phenols is 1. The minimum Gasteiger partial charge on any atom is -0.504 e. The van der Waals surface area contributed by atoms with E-state index in [9.17, 15) is 5.11 Å². The number of H-pyrrole nitrogens is 1. The molecule has 0 saturated heterocycles. The Bertz CT molecular complexity index is 1130. The first-order valence-corrected chi connectivity index (χ1v) is 10.1. The van der Waals surface area contributed by atoms with E-state index in [0.29, 0.717) is 35.1 Å². The summed E-state index contributed by atoms with van der Waals surface area (Å²) in [7, 11) is 0. The van der Waals surface area contributed by atoms with E-state index in [1.54, 1.807) is 6.07 Å². The largest absolute Gasteiger partial charge is 0.504 e. The summed E-state index contributed by atoms with van der Waals surface area (Å²) in [6.07, 6.45) is 0.564. The lowest BCUT2D eigenvalue weighted by Gasteiger charge is -2.25. The Morgan fingerprint density at radius 3 is 2.59 bits per heavy atom. The van der Waals surface area contributed by atoms with Gasteiger partial charge in [0.2, 0.25) is 5.88 Å². The highest BCUT2D eigenvalue weighted by molar-refractivity contribution is 7.71. The number of nitrogens with zero attached hydrogens (tertiary/aromatic N) is 1. The third-order valence-corrected chi connectivity index (χ3v) is 5.34. The Morgan fingerprint density at radius 1 is 1.21 bits per heavy atom. The summed E-state index contributed by atoms with van der Waals surface area (Å²) >= 11 is 5.56. The lowest BCUT2D eigenvalue weighted by molar-refractivity contribution is 0.340. The van der Waals surface area contributed by atoms with E-state index in [0.717, 1.165) is 28.0 Å². The number of ether oxygens (including phenoxy) is 2. The number of benzene rings is 2. The Morgan fingerprint density at radius 2 is 1.93 bits per heavy atom. The highest BCUT2D eigenvalue weighted by atomic mass is 32.1. The van der Waals surface area contributed by atoms with Crippen LogP contribution in [0.1, 0.15) is 44.4 Å². The molecule has 0 saturated carbocycles. The quantitative estimate of drug-likeness (QED) is 0.413. The summed E-state index contributed by atoms with van der Waals surface area (Å²) in [5.41, 5.74) is 3.59. The Labute approximate surface area is 175 Å². The molecule has 5 nitrogen and oxygen atoms in total. The number of rotatable bonds is 3. The van der Waals surface area contributed by atoms with Gasteiger partial charge >= 0.3 is 0 Å². The molecule has 29 heavy (non-hydrogen) atoms. The van der Waals surface area contributed by atoms with Gasteiger partial charge in [-0.1, -0.05) is 39.1 Å². The zero-order valence-electron chi connectivity index (χ0n) is 17.0. The van der Waals surface area contributed by atoms with Crippen LogP contribution in [0.2, 0.25) is 0 Å². The van der Waals surface area contributed by atoms with Crippen LogP contribution in [0.25, 0.3) is 11.4 Å². The van der Waals surface area contributed by atoms with Crippen LogP contribution in [0.4, 0.5) is 0 Å². The minimum atomic E-state index is -0.0779. The molecule has 0 unspecified atom stereocenters. The maximum Gasteiger partial charge on any atom is 0.205 e. The van der Waals surface area contributed by atoms with Crippen LogP contribution in [-0.4, -0.2) is 21.7 Å². The van der Waals surface area contributed by atoms with Crippen molar-refractivity contribution < 1.29 is 14.6 Å². The fourth-order valence-corrected chi connectivity index (χ4v) is 3.64. The summed E-state index contributed by atoms with van der Waals surface area (Å²) < 4.78 is 12.0. The number of fused-ring (bicyclic) bond motifs is 2. The van der Waals surface area contributed by atoms with Gasteiger partial charge in [-0.05, 0) is 48.2 Å². The van der Waals surface area contributed by atoms with E-state index in [1.807, 2.05) is 31.2 Å². The van der Waals surface area contributed by atoms with Gasteiger partial charge in [0.05, 0.1) is 12.2 Å². The Kier molecular flexibility index (Phi) is 4.82. The van der Waals surface area contributed by atoms with Crippen LogP contribution in [-0.2, 0) is 11.8 Å². The molecule has 2 N–H and O–H groups in total. The number of aromatic hydroxyl groups is 1. The SMILES string of the molecule is CCOc1ccc(-c2nc(=S)c3c([nH]2)Oc2c(O)cc(C(C)(C)C)cc2C3)cc1. The molecule has 3 aromatic rings. The first-order chi connectivity index (χ1) is 13.8. The number of phenolic OH excluding ortho intramolecular Hbond substituents is 1. The predicted octanol–water partition coefficient (Wildman–Crippen LogP) is 5.90. The van der Waals surface area contributed by atoms with Crippen LogP contribution in [0.5, 0.6) is 23.1 Å². The molecule has 0 radical (unpaired) electrons. The van der Waals surface area contributed by atoms with Crippen molar-refractivity contribution in [3.8, 4) is 34.5 Å². The molecule has 2 heterocycles. The van der Waals surface area contributed by atoms with Gasteiger partial charge in [-0.2, -0.15) is 0 Å². The molecule has 0 aliphatic carbocycles. The van der Waals surface area contributed by atoms with Crippen LogP contribution in [0, 0.1) is 4.64 Å². The van der Waals surface area contributed by atoms with Gasteiger partial charge in [0.15, 0.2) is 11.5 Å². The monoisotopic (exact) mass is 408 g/mol. The van der Waals surface area contributed by atoms with Crippen LogP contribution < -0.4 is 9.47 Å². The van der Waals surface area contributed by atoms with Gasteiger partial charge in [0.25, 0.3) is 0 Å². The molecule has 0 bridgehead atoms. The lowest BCUT2D eigenvalue weighted by atomic mass is 9.85. The van der Waals surface area contributed by atoms with Crippen molar-refractivity contribution in [2.75, 3.05) is 6.61 Å². The van der Waals surface area contributed by atoms with Crippen LogP contribution >= 0.6 is 12.2 Å². The molecule has 1 aliphatic rings. The third kappa shape index (κ3) is 3.72.